The fraction of sp³-hybridized carbons (Fsp3) is 0.118. The van der Waals surface area contributed by atoms with E-state index in [4.69, 9.17) is 4.42 Å². The highest BCUT2D eigenvalue weighted by molar-refractivity contribution is 5.81. The third kappa shape index (κ3) is 1.88. The highest BCUT2D eigenvalue weighted by Gasteiger charge is 2.14. The molecule has 1 aromatic heterocycles. The number of benzene rings is 2. The van der Waals surface area contributed by atoms with Gasteiger partial charge in [-0.15, -0.1) is 0 Å². The number of hydrogen-bond acceptors (Lipinski definition) is 3. The van der Waals surface area contributed by atoms with Gasteiger partial charge in [-0.1, -0.05) is 24.3 Å². The summed E-state index contributed by atoms with van der Waals surface area (Å²) in [7, 11) is 0. The number of phenols is 1. The average Bonchev–Trinajstić information content (AvgIpc) is 2.43. The van der Waals surface area contributed by atoms with Gasteiger partial charge in [0.2, 0.25) is 0 Å². The van der Waals surface area contributed by atoms with Gasteiger partial charge in [0, 0.05) is 17.2 Å². The van der Waals surface area contributed by atoms with E-state index in [0.717, 1.165) is 11.1 Å². The van der Waals surface area contributed by atoms with Gasteiger partial charge in [0.05, 0.1) is 5.39 Å². The van der Waals surface area contributed by atoms with Crippen molar-refractivity contribution in [3.8, 4) is 17.1 Å². The zero-order chi connectivity index (χ0) is 14.3. The highest BCUT2D eigenvalue weighted by atomic mass is 16.3. The van der Waals surface area contributed by atoms with Crippen LogP contribution in [0.2, 0.25) is 0 Å². The molecule has 1 N–H and O–H groups in total. The molecule has 0 unspecified atom stereocenters. The Bertz CT molecular complexity index is 860. The third-order valence-electron chi connectivity index (χ3n) is 3.49. The first-order chi connectivity index (χ1) is 9.58. The van der Waals surface area contributed by atoms with Gasteiger partial charge in [0.1, 0.15) is 17.1 Å². The van der Waals surface area contributed by atoms with Crippen LogP contribution in [-0.2, 0) is 0 Å². The molecule has 3 nitrogen and oxygen atoms in total. The van der Waals surface area contributed by atoms with E-state index in [0.29, 0.717) is 22.3 Å². The van der Waals surface area contributed by atoms with Gasteiger partial charge >= 0.3 is 0 Å². The zero-order valence-corrected chi connectivity index (χ0v) is 11.3. The van der Waals surface area contributed by atoms with Crippen LogP contribution in [-0.4, -0.2) is 5.11 Å². The van der Waals surface area contributed by atoms with Gasteiger partial charge in [0.25, 0.3) is 0 Å². The summed E-state index contributed by atoms with van der Waals surface area (Å²) in [5, 5.41) is 10.0. The van der Waals surface area contributed by atoms with Crippen molar-refractivity contribution in [2.75, 3.05) is 0 Å². The second kappa shape index (κ2) is 4.53. The first-order valence-corrected chi connectivity index (χ1v) is 6.40. The number of rotatable bonds is 1. The molecule has 20 heavy (non-hydrogen) atoms. The van der Waals surface area contributed by atoms with Crippen LogP contribution in [0.4, 0.5) is 0 Å². The Kier molecular flexibility index (Phi) is 2.83. The maximum absolute atomic E-state index is 12.4. The smallest absolute Gasteiger partial charge is 0.196 e. The number of aryl methyl sites for hydroxylation is 1. The van der Waals surface area contributed by atoms with E-state index >= 15 is 0 Å². The molecule has 3 heteroatoms. The number of aromatic hydroxyl groups is 1. The van der Waals surface area contributed by atoms with Crippen LogP contribution in [0.5, 0.6) is 5.75 Å². The Morgan fingerprint density at radius 1 is 1.05 bits per heavy atom. The lowest BCUT2D eigenvalue weighted by Gasteiger charge is -2.09. The standard InChI is InChI=1S/C17H14O3/c1-10-5-3-4-6-13(10)17-11(2)16(19)14-8-7-12(18)9-15(14)20-17/h3-9,18H,1-2H3. The molecule has 3 aromatic rings. The lowest BCUT2D eigenvalue weighted by Crippen LogP contribution is -2.07. The first-order valence-electron chi connectivity index (χ1n) is 6.40. The van der Waals surface area contributed by atoms with Gasteiger partial charge in [-0.2, -0.15) is 0 Å². The number of phenolic OH excluding ortho intramolecular Hbond substituents is 1. The number of fused-ring (bicyclic) bond motifs is 1. The molecule has 3 rings (SSSR count). The van der Waals surface area contributed by atoms with E-state index in [1.54, 1.807) is 13.0 Å². The minimum Gasteiger partial charge on any atom is -0.508 e. The van der Waals surface area contributed by atoms with Crippen LogP contribution in [0.25, 0.3) is 22.3 Å². The fourth-order valence-electron chi connectivity index (χ4n) is 2.36. The second-order valence-electron chi connectivity index (χ2n) is 4.88. The van der Waals surface area contributed by atoms with E-state index < -0.39 is 0 Å². The van der Waals surface area contributed by atoms with Crippen molar-refractivity contribution in [2.45, 2.75) is 13.8 Å². The molecular formula is C17H14O3. The quantitative estimate of drug-likeness (QED) is 0.729. The molecule has 0 radical (unpaired) electrons. The predicted molar refractivity (Wildman–Crippen MR) is 79.1 cm³/mol. The van der Waals surface area contributed by atoms with Crippen molar-refractivity contribution >= 4 is 11.0 Å². The lowest BCUT2D eigenvalue weighted by molar-refractivity contribution is 0.474. The van der Waals surface area contributed by atoms with Crippen LogP contribution in [0.3, 0.4) is 0 Å². The molecule has 100 valence electrons. The largest absolute Gasteiger partial charge is 0.508 e. The molecular weight excluding hydrogens is 252 g/mol. The predicted octanol–water partition coefficient (Wildman–Crippen LogP) is 3.78. The van der Waals surface area contributed by atoms with E-state index in [-0.39, 0.29) is 11.2 Å². The molecule has 0 saturated heterocycles. The molecule has 0 atom stereocenters. The maximum atomic E-state index is 12.4. The molecule has 1 heterocycles. The van der Waals surface area contributed by atoms with Crippen LogP contribution < -0.4 is 5.43 Å². The summed E-state index contributed by atoms with van der Waals surface area (Å²) in [6.45, 7) is 3.74. The molecule has 0 amide bonds. The molecule has 0 aliphatic carbocycles. The summed E-state index contributed by atoms with van der Waals surface area (Å²) < 4.78 is 5.86. The van der Waals surface area contributed by atoms with Crippen LogP contribution >= 0.6 is 0 Å². The van der Waals surface area contributed by atoms with Crippen molar-refractivity contribution in [3.05, 3.63) is 63.8 Å². The SMILES string of the molecule is Cc1ccccc1-c1oc2cc(O)ccc2c(=O)c1C. The van der Waals surface area contributed by atoms with Gasteiger partial charge in [-0.25, -0.2) is 0 Å². The van der Waals surface area contributed by atoms with Gasteiger partial charge < -0.3 is 9.52 Å². The van der Waals surface area contributed by atoms with Crippen LogP contribution in [0, 0.1) is 13.8 Å². The summed E-state index contributed by atoms with van der Waals surface area (Å²) in [4.78, 5) is 12.4. The van der Waals surface area contributed by atoms with Crippen LogP contribution in [0.1, 0.15) is 11.1 Å². The normalized spacial score (nSPS) is 10.9. The topological polar surface area (TPSA) is 50.4 Å². The van der Waals surface area contributed by atoms with Crippen molar-refractivity contribution < 1.29 is 9.52 Å². The number of hydrogen-bond donors (Lipinski definition) is 1. The third-order valence-corrected chi connectivity index (χ3v) is 3.49. The first kappa shape index (κ1) is 12.5. The van der Waals surface area contributed by atoms with E-state index in [1.807, 2.05) is 31.2 Å². The van der Waals surface area contributed by atoms with Crippen molar-refractivity contribution in [3.63, 3.8) is 0 Å². The van der Waals surface area contributed by atoms with Gasteiger partial charge in [0.15, 0.2) is 5.43 Å². The van der Waals surface area contributed by atoms with E-state index in [1.165, 1.54) is 12.1 Å². The zero-order valence-electron chi connectivity index (χ0n) is 11.3. The van der Waals surface area contributed by atoms with Gasteiger partial charge in [-0.3, -0.25) is 4.79 Å². The highest BCUT2D eigenvalue weighted by Crippen LogP contribution is 2.29. The Balaban J connectivity index is 2.40. The molecule has 0 spiro atoms. The molecule has 0 saturated carbocycles. The Morgan fingerprint density at radius 3 is 2.55 bits per heavy atom. The van der Waals surface area contributed by atoms with Crippen LogP contribution in [0.15, 0.2) is 51.7 Å². The molecule has 2 aromatic carbocycles. The van der Waals surface area contributed by atoms with E-state index in [9.17, 15) is 9.90 Å². The monoisotopic (exact) mass is 266 g/mol. The average molecular weight is 266 g/mol. The Morgan fingerprint density at radius 2 is 1.80 bits per heavy atom. The lowest BCUT2D eigenvalue weighted by atomic mass is 10.0. The van der Waals surface area contributed by atoms with Gasteiger partial charge in [-0.05, 0) is 31.5 Å². The summed E-state index contributed by atoms with van der Waals surface area (Å²) >= 11 is 0. The summed E-state index contributed by atoms with van der Waals surface area (Å²) in [6, 6.07) is 12.3. The summed E-state index contributed by atoms with van der Waals surface area (Å²) in [5.74, 6) is 0.645. The van der Waals surface area contributed by atoms with Crippen molar-refractivity contribution in [1.29, 1.82) is 0 Å². The minimum absolute atomic E-state index is 0.0653. The van der Waals surface area contributed by atoms with E-state index in [2.05, 4.69) is 0 Å². The maximum Gasteiger partial charge on any atom is 0.196 e. The molecule has 0 bridgehead atoms. The van der Waals surface area contributed by atoms with Crippen molar-refractivity contribution in [1.82, 2.24) is 0 Å². The molecule has 0 fully saturated rings. The minimum atomic E-state index is -0.0653. The second-order valence-corrected chi connectivity index (χ2v) is 4.88. The Labute approximate surface area is 116 Å². The Hall–Kier alpha value is -2.55. The summed E-state index contributed by atoms with van der Waals surface area (Å²) in [6.07, 6.45) is 0. The molecule has 0 aliphatic heterocycles. The fourth-order valence-corrected chi connectivity index (χ4v) is 2.36. The summed E-state index contributed by atoms with van der Waals surface area (Å²) in [5.41, 5.74) is 2.85. The molecule has 0 aliphatic rings. The van der Waals surface area contributed by atoms with Crippen molar-refractivity contribution in [2.24, 2.45) is 0 Å².